The third-order valence-corrected chi connectivity index (χ3v) is 1.25. The van der Waals surface area contributed by atoms with Gasteiger partial charge in [0.1, 0.15) is 5.60 Å². The van der Waals surface area contributed by atoms with Crippen molar-refractivity contribution in [2.45, 2.75) is 18.4 Å². The Bertz CT molecular complexity index is 408. The summed E-state index contributed by atoms with van der Waals surface area (Å²) in [7, 11) is -5.17. The van der Waals surface area contributed by atoms with Crippen LogP contribution < -0.4 is 21.5 Å². The van der Waals surface area contributed by atoms with Crippen molar-refractivity contribution in [2.24, 2.45) is 0 Å². The molecule has 20 heavy (non-hydrogen) atoms. The Kier molecular flexibility index (Phi) is 14.2. The summed E-state index contributed by atoms with van der Waals surface area (Å²) < 4.78 is 34.1. The monoisotopic (exact) mass is 366 g/mol. The van der Waals surface area contributed by atoms with Crippen LogP contribution in [-0.4, -0.2) is 46.1 Å². The van der Waals surface area contributed by atoms with E-state index in [2.05, 4.69) is 0 Å². The first-order valence-corrected chi connectivity index (χ1v) is 5.11. The molecule has 0 heterocycles. The van der Waals surface area contributed by atoms with Crippen LogP contribution in [0.2, 0.25) is 0 Å². The van der Waals surface area contributed by atoms with Crippen LogP contribution in [0.1, 0.15) is 12.8 Å². The van der Waals surface area contributed by atoms with Crippen molar-refractivity contribution in [1.82, 2.24) is 6.15 Å². The Morgan fingerprint density at radius 2 is 1.15 bits per heavy atom. The third-order valence-electron chi connectivity index (χ3n) is 1.25. The first kappa shape index (κ1) is 27.1. The molecular formula is C6H9CuNO11S-4. The molecule has 0 saturated carbocycles. The van der Waals surface area contributed by atoms with E-state index in [0.717, 1.165) is 0 Å². The zero-order valence-electron chi connectivity index (χ0n) is 9.65. The molecule has 12 nitrogen and oxygen atoms in total. The maximum atomic E-state index is 10.1. The fourth-order valence-corrected chi connectivity index (χ4v) is 0.684. The molecule has 0 aromatic heterocycles. The molecule has 14 heteroatoms. The summed E-state index contributed by atoms with van der Waals surface area (Å²) in [5.74, 6) is -5.98. The van der Waals surface area contributed by atoms with Crippen LogP contribution in [0.5, 0.6) is 0 Å². The van der Waals surface area contributed by atoms with Gasteiger partial charge in [0.25, 0.3) is 0 Å². The van der Waals surface area contributed by atoms with Crippen LogP contribution in [0, 0.1) is 0 Å². The first-order chi connectivity index (χ1) is 7.78. The number of aliphatic hydroxyl groups is 1. The van der Waals surface area contributed by atoms with Gasteiger partial charge in [-0.05, 0) is 0 Å². The maximum absolute atomic E-state index is 10.1. The largest absolute Gasteiger partial charge is 0.759 e. The van der Waals surface area contributed by atoms with E-state index in [0.29, 0.717) is 0 Å². The zero-order chi connectivity index (χ0) is 15.1. The first-order valence-electron chi connectivity index (χ1n) is 3.78. The smallest absolute Gasteiger partial charge is 0.114 e. The molecule has 1 radical (unpaired) electrons. The van der Waals surface area contributed by atoms with Crippen LogP contribution >= 0.6 is 0 Å². The fourth-order valence-electron chi connectivity index (χ4n) is 0.684. The van der Waals surface area contributed by atoms with Gasteiger partial charge in [-0.3, -0.25) is 8.42 Å². The van der Waals surface area contributed by atoms with Gasteiger partial charge >= 0.3 is 0 Å². The predicted molar refractivity (Wildman–Crippen MR) is 45.7 cm³/mol. The van der Waals surface area contributed by atoms with Crippen molar-refractivity contribution < 1.29 is 69.4 Å². The molecule has 0 aromatic rings. The normalized spacial score (nSPS) is 9.95. The van der Waals surface area contributed by atoms with Crippen molar-refractivity contribution in [2.75, 3.05) is 0 Å². The van der Waals surface area contributed by atoms with Crippen molar-refractivity contribution in [1.29, 1.82) is 0 Å². The summed E-state index contributed by atoms with van der Waals surface area (Å²) >= 11 is 0. The number of quaternary nitrogens is 1. The van der Waals surface area contributed by atoms with Gasteiger partial charge in [-0.15, -0.1) is 0 Å². The zero-order valence-corrected chi connectivity index (χ0v) is 11.4. The number of carbonyl (C=O) groups excluding carboxylic acids is 3. The van der Waals surface area contributed by atoms with E-state index < -0.39 is 46.7 Å². The molecule has 0 aromatic carbocycles. The van der Waals surface area contributed by atoms with Gasteiger partial charge < -0.3 is 50.1 Å². The molecule has 125 valence electrons. The van der Waals surface area contributed by atoms with E-state index in [9.17, 15) is 29.7 Å². The number of carbonyl (C=O) groups is 3. The van der Waals surface area contributed by atoms with Gasteiger partial charge in [-0.1, -0.05) is 0 Å². The Balaban J connectivity index is -0.000000158. The number of carboxylic acid groups (broad SMARTS) is 3. The van der Waals surface area contributed by atoms with Gasteiger partial charge in [-0.25, -0.2) is 0 Å². The summed E-state index contributed by atoms with van der Waals surface area (Å²) in [5, 5.41) is 38.9. The van der Waals surface area contributed by atoms with Gasteiger partial charge in [-0.2, -0.15) is 0 Å². The second-order valence-corrected chi connectivity index (χ2v) is 3.64. The number of rotatable bonds is 5. The predicted octanol–water partition coefficient (Wildman–Crippen LogP) is -6.22. The summed E-state index contributed by atoms with van der Waals surface area (Å²) in [5.41, 5.74) is -2.97. The minimum absolute atomic E-state index is 0. The number of hydrogen-bond donors (Lipinski definition) is 2. The number of aliphatic carboxylic acids is 3. The SMILES string of the molecule is O=C([O-])CC(O)(CC(=O)[O-])C(=O)[O-].O=S(=O)([O-])[O-].[Cu].[NH4+]. The molecule has 0 amide bonds. The van der Waals surface area contributed by atoms with E-state index in [1.807, 2.05) is 0 Å². The fraction of sp³-hybridized carbons (Fsp3) is 0.500. The minimum atomic E-state index is -5.17. The van der Waals surface area contributed by atoms with Gasteiger partial charge in [0.15, 0.2) is 0 Å². The number of carboxylic acids is 3. The van der Waals surface area contributed by atoms with E-state index in [-0.39, 0.29) is 23.2 Å². The van der Waals surface area contributed by atoms with Crippen LogP contribution in [0.3, 0.4) is 0 Å². The molecule has 5 N–H and O–H groups in total. The van der Waals surface area contributed by atoms with E-state index in [1.54, 1.807) is 0 Å². The van der Waals surface area contributed by atoms with E-state index in [1.165, 1.54) is 0 Å². The molecular weight excluding hydrogens is 358 g/mol. The van der Waals surface area contributed by atoms with Gasteiger partial charge in [0.2, 0.25) is 0 Å². The topological polar surface area (TPSA) is 257 Å². The Labute approximate surface area is 123 Å². The van der Waals surface area contributed by atoms with Crippen molar-refractivity contribution >= 4 is 28.3 Å². The van der Waals surface area contributed by atoms with Crippen LogP contribution in [0.15, 0.2) is 0 Å². The van der Waals surface area contributed by atoms with Crippen molar-refractivity contribution in [3.63, 3.8) is 0 Å². The molecule has 0 aliphatic carbocycles. The standard InChI is InChI=1S/C6H8O7.Cu.H3N.H2O4S/c7-3(8)1-6(13,5(11)12)2-4(9)10;;;1-5(2,3)4/h13H,1-2H2,(H,7,8)(H,9,10)(H,11,12);;1H3;(H2,1,2,3,4)/p-4. The van der Waals surface area contributed by atoms with Gasteiger partial charge in [0.05, 0.1) is 5.97 Å². The van der Waals surface area contributed by atoms with Crippen molar-refractivity contribution in [3.05, 3.63) is 0 Å². The van der Waals surface area contributed by atoms with Crippen molar-refractivity contribution in [3.8, 4) is 0 Å². The van der Waals surface area contributed by atoms with E-state index in [4.69, 9.17) is 22.6 Å². The second kappa shape index (κ2) is 10.5. The quantitative estimate of drug-likeness (QED) is 0.262. The minimum Gasteiger partial charge on any atom is -0.759 e. The average molecular weight is 367 g/mol. The molecule has 0 saturated heterocycles. The molecule has 0 spiro atoms. The maximum Gasteiger partial charge on any atom is 0.114 e. The summed E-state index contributed by atoms with van der Waals surface area (Å²) in [6.07, 6.45) is -2.72. The molecule has 0 aliphatic rings. The Morgan fingerprint density at radius 3 is 1.25 bits per heavy atom. The molecule has 0 rings (SSSR count). The van der Waals surface area contributed by atoms with E-state index >= 15 is 0 Å². The molecule has 0 aliphatic heterocycles. The Hall–Kier alpha value is -1.28. The molecule has 0 bridgehead atoms. The number of hydrogen-bond acceptors (Lipinski definition) is 11. The molecule has 0 atom stereocenters. The second-order valence-electron chi connectivity index (χ2n) is 2.82. The molecule has 0 unspecified atom stereocenters. The van der Waals surface area contributed by atoms with Crippen LogP contribution in [0.4, 0.5) is 0 Å². The summed E-state index contributed by atoms with van der Waals surface area (Å²) in [6, 6.07) is 0. The molecule has 0 fully saturated rings. The Morgan fingerprint density at radius 1 is 0.950 bits per heavy atom. The third kappa shape index (κ3) is 19.1. The summed E-state index contributed by atoms with van der Waals surface area (Å²) in [4.78, 5) is 30.0. The summed E-state index contributed by atoms with van der Waals surface area (Å²) in [6.45, 7) is 0. The van der Waals surface area contributed by atoms with Crippen LogP contribution in [-0.2, 0) is 41.9 Å². The van der Waals surface area contributed by atoms with Gasteiger partial charge in [0, 0.05) is 52.2 Å². The average Bonchev–Trinajstić information content (AvgIpc) is 1.95. The van der Waals surface area contributed by atoms with Crippen LogP contribution in [0.25, 0.3) is 0 Å².